The third-order valence-electron chi connectivity index (χ3n) is 0.852. The van der Waals surface area contributed by atoms with Crippen molar-refractivity contribution in [2.24, 2.45) is 0 Å². The molecule has 0 radical (unpaired) electrons. The van der Waals surface area contributed by atoms with E-state index in [2.05, 4.69) is 34.8 Å². The quantitative estimate of drug-likeness (QED) is 0.526. The van der Waals surface area contributed by atoms with Gasteiger partial charge in [-0.2, -0.15) is 4.98 Å². The van der Waals surface area contributed by atoms with Gasteiger partial charge in [0.05, 0.1) is 5.27 Å². The summed E-state index contributed by atoms with van der Waals surface area (Å²) in [6.45, 7) is 0. The minimum Gasteiger partial charge on any atom is -0.342 e. The summed E-state index contributed by atoms with van der Waals surface area (Å²) in [5.41, 5.74) is 0. The topological polar surface area (TPSA) is 90.7 Å². The standard InChI is InChI=1S/C3HN5O2/c1-4-2(6-9-1)3-5-7-8-10-3/h1H. The van der Waals surface area contributed by atoms with E-state index in [1.807, 2.05) is 0 Å². The second-order valence-electron chi connectivity index (χ2n) is 1.42. The second-order valence-corrected chi connectivity index (χ2v) is 1.42. The normalized spacial score (nSPS) is 10.0. The van der Waals surface area contributed by atoms with E-state index in [0.29, 0.717) is 0 Å². The summed E-state index contributed by atoms with van der Waals surface area (Å²) in [5.74, 6) is 0.388. The highest BCUT2D eigenvalue weighted by molar-refractivity contribution is 5.35. The number of nitrogens with zero attached hydrogens (tertiary/aromatic N) is 5. The van der Waals surface area contributed by atoms with Crippen LogP contribution in [0.2, 0.25) is 0 Å². The van der Waals surface area contributed by atoms with Gasteiger partial charge in [-0.05, 0) is 5.21 Å². The highest BCUT2D eigenvalue weighted by Gasteiger charge is 2.08. The zero-order chi connectivity index (χ0) is 6.81. The largest absolute Gasteiger partial charge is 0.342 e. The van der Waals surface area contributed by atoms with Crippen molar-refractivity contribution in [1.82, 2.24) is 25.7 Å². The van der Waals surface area contributed by atoms with Crippen molar-refractivity contribution in [3.63, 3.8) is 0 Å². The van der Waals surface area contributed by atoms with Gasteiger partial charge in [-0.1, -0.05) is 10.3 Å². The Kier molecular flexibility index (Phi) is 0.938. The maximum atomic E-state index is 4.52. The van der Waals surface area contributed by atoms with Gasteiger partial charge in [0.2, 0.25) is 6.39 Å². The average molecular weight is 139 g/mol. The molecule has 0 aromatic carbocycles. The minimum absolute atomic E-state index is 0.147. The molecule has 0 spiro atoms. The van der Waals surface area contributed by atoms with Crippen LogP contribution in [0.3, 0.4) is 0 Å². The van der Waals surface area contributed by atoms with Crippen LogP contribution in [-0.4, -0.2) is 25.7 Å². The molecule has 0 aliphatic carbocycles. The summed E-state index contributed by atoms with van der Waals surface area (Å²) in [7, 11) is 0. The van der Waals surface area contributed by atoms with Crippen molar-refractivity contribution >= 4 is 0 Å². The van der Waals surface area contributed by atoms with Gasteiger partial charge < -0.3 is 9.05 Å². The molecule has 10 heavy (non-hydrogen) atoms. The molecule has 0 saturated heterocycles. The first-order valence-electron chi connectivity index (χ1n) is 2.38. The average Bonchev–Trinajstić information content (AvgIpc) is 2.59. The Morgan fingerprint density at radius 3 is 3.00 bits per heavy atom. The lowest BCUT2D eigenvalue weighted by molar-refractivity contribution is 0.391. The molecule has 0 saturated carbocycles. The van der Waals surface area contributed by atoms with E-state index in [4.69, 9.17) is 0 Å². The maximum Gasteiger partial charge on any atom is 0.319 e. The molecule has 2 heterocycles. The van der Waals surface area contributed by atoms with Crippen LogP contribution >= 0.6 is 0 Å². The lowest BCUT2D eigenvalue weighted by Crippen LogP contribution is -1.78. The molecule has 50 valence electrons. The molecular formula is C3HN5O2. The number of hydrogen-bond donors (Lipinski definition) is 0. The Bertz CT molecular complexity index is 254. The van der Waals surface area contributed by atoms with Crippen LogP contribution in [0.5, 0.6) is 0 Å². The van der Waals surface area contributed by atoms with E-state index in [9.17, 15) is 0 Å². The fourth-order valence-corrected chi connectivity index (χ4v) is 0.484. The Morgan fingerprint density at radius 1 is 1.40 bits per heavy atom. The van der Waals surface area contributed by atoms with Crippen molar-refractivity contribution < 1.29 is 9.05 Å². The number of rotatable bonds is 1. The monoisotopic (exact) mass is 139 g/mol. The summed E-state index contributed by atoms with van der Waals surface area (Å²) in [5, 5.41) is 13.2. The molecule has 0 unspecified atom stereocenters. The molecule has 2 aromatic rings. The SMILES string of the molecule is c1nc(-c2nnno2)no1. The Hall–Kier alpha value is -1.79. The molecule has 0 aliphatic heterocycles. The smallest absolute Gasteiger partial charge is 0.319 e. The predicted molar refractivity (Wildman–Crippen MR) is 25.4 cm³/mol. The molecule has 2 aromatic heterocycles. The number of hydrogen-bond acceptors (Lipinski definition) is 7. The highest BCUT2D eigenvalue weighted by atomic mass is 16.5. The molecule has 7 nitrogen and oxygen atoms in total. The van der Waals surface area contributed by atoms with Gasteiger partial charge in [-0.15, -0.1) is 0 Å². The fourth-order valence-electron chi connectivity index (χ4n) is 0.484. The van der Waals surface area contributed by atoms with Gasteiger partial charge in [0.25, 0.3) is 5.82 Å². The number of aromatic nitrogens is 5. The first-order chi connectivity index (χ1) is 4.97. The van der Waals surface area contributed by atoms with E-state index in [-0.39, 0.29) is 11.7 Å². The van der Waals surface area contributed by atoms with E-state index in [1.54, 1.807) is 0 Å². The zero-order valence-electron chi connectivity index (χ0n) is 4.63. The van der Waals surface area contributed by atoms with Crippen LogP contribution in [0, 0.1) is 0 Å². The molecule has 0 atom stereocenters. The van der Waals surface area contributed by atoms with Crippen LogP contribution in [0.15, 0.2) is 15.4 Å². The van der Waals surface area contributed by atoms with Crippen LogP contribution in [0.4, 0.5) is 0 Å². The van der Waals surface area contributed by atoms with Crippen LogP contribution in [-0.2, 0) is 0 Å². The van der Waals surface area contributed by atoms with E-state index in [1.165, 1.54) is 6.39 Å². The Labute approximate surface area is 54.0 Å². The first-order valence-corrected chi connectivity index (χ1v) is 2.38. The van der Waals surface area contributed by atoms with Crippen LogP contribution in [0.1, 0.15) is 0 Å². The summed E-state index contributed by atoms with van der Waals surface area (Å²) >= 11 is 0. The fraction of sp³-hybridized carbons (Fsp3) is 0. The maximum absolute atomic E-state index is 4.52. The molecule has 0 N–H and O–H groups in total. The van der Waals surface area contributed by atoms with Crippen molar-refractivity contribution in [2.75, 3.05) is 0 Å². The second kappa shape index (κ2) is 1.87. The first kappa shape index (κ1) is 5.03. The highest BCUT2D eigenvalue weighted by Crippen LogP contribution is 2.05. The summed E-state index contributed by atoms with van der Waals surface area (Å²) in [4.78, 5) is 3.64. The van der Waals surface area contributed by atoms with Gasteiger partial charge in [-0.25, -0.2) is 0 Å². The summed E-state index contributed by atoms with van der Waals surface area (Å²) < 4.78 is 8.94. The molecule has 0 bridgehead atoms. The van der Waals surface area contributed by atoms with Gasteiger partial charge in [0.15, 0.2) is 0 Å². The molecular weight excluding hydrogens is 138 g/mol. The Morgan fingerprint density at radius 2 is 2.40 bits per heavy atom. The zero-order valence-corrected chi connectivity index (χ0v) is 4.63. The van der Waals surface area contributed by atoms with E-state index >= 15 is 0 Å². The summed E-state index contributed by atoms with van der Waals surface area (Å²) in [6.07, 6.45) is 1.17. The van der Waals surface area contributed by atoms with Crippen molar-refractivity contribution in [3.05, 3.63) is 6.39 Å². The minimum atomic E-state index is 0.147. The third kappa shape index (κ3) is 0.642. The molecule has 2 rings (SSSR count). The Balaban J connectivity index is 2.48. The van der Waals surface area contributed by atoms with Crippen molar-refractivity contribution in [2.45, 2.75) is 0 Å². The van der Waals surface area contributed by atoms with E-state index in [0.717, 1.165) is 0 Å². The lowest BCUT2D eigenvalue weighted by atomic mass is 10.6. The van der Waals surface area contributed by atoms with Crippen LogP contribution < -0.4 is 0 Å². The molecule has 0 fully saturated rings. The van der Waals surface area contributed by atoms with E-state index < -0.39 is 0 Å². The summed E-state index contributed by atoms with van der Waals surface area (Å²) in [6, 6.07) is 0. The van der Waals surface area contributed by atoms with Crippen molar-refractivity contribution in [3.8, 4) is 11.7 Å². The lowest BCUT2D eigenvalue weighted by Gasteiger charge is -1.73. The van der Waals surface area contributed by atoms with Gasteiger partial charge in [-0.3, -0.25) is 0 Å². The molecule has 0 amide bonds. The molecule has 0 aliphatic rings. The molecule has 7 heteroatoms. The van der Waals surface area contributed by atoms with Gasteiger partial charge >= 0.3 is 5.89 Å². The van der Waals surface area contributed by atoms with Gasteiger partial charge in [0.1, 0.15) is 0 Å². The van der Waals surface area contributed by atoms with Crippen LogP contribution in [0.25, 0.3) is 11.7 Å². The van der Waals surface area contributed by atoms with Crippen molar-refractivity contribution in [1.29, 1.82) is 0 Å². The third-order valence-corrected chi connectivity index (χ3v) is 0.852. The van der Waals surface area contributed by atoms with Gasteiger partial charge in [0, 0.05) is 0 Å². The predicted octanol–water partition coefficient (Wildman–Crippen LogP) is -0.485.